The van der Waals surface area contributed by atoms with Crippen molar-refractivity contribution in [1.82, 2.24) is 4.98 Å². The molecule has 0 spiro atoms. The van der Waals surface area contributed by atoms with Crippen molar-refractivity contribution in [3.63, 3.8) is 0 Å². The first kappa shape index (κ1) is 19.8. The number of rotatable bonds is 6. The number of benzene rings is 2. The van der Waals surface area contributed by atoms with Crippen molar-refractivity contribution in [3.05, 3.63) is 57.7 Å². The van der Waals surface area contributed by atoms with Crippen LogP contribution in [-0.2, 0) is 23.8 Å². The van der Waals surface area contributed by atoms with E-state index >= 15 is 0 Å². The molecular formula is C21H17BrF3NO3. The monoisotopic (exact) mass is 467 g/mol. The van der Waals surface area contributed by atoms with E-state index in [0.717, 1.165) is 29.0 Å². The van der Waals surface area contributed by atoms with Crippen LogP contribution in [0.5, 0.6) is 11.5 Å². The minimum atomic E-state index is -4.69. The van der Waals surface area contributed by atoms with E-state index in [9.17, 15) is 18.0 Å². The van der Waals surface area contributed by atoms with Gasteiger partial charge >= 0.3 is 12.1 Å². The fourth-order valence-electron chi connectivity index (χ4n) is 3.38. The molecule has 2 aromatic carbocycles. The fraction of sp³-hybridized carbons (Fsp3) is 0.286. The average molecular weight is 468 g/mol. The number of hydrogen-bond donors (Lipinski definition) is 2. The van der Waals surface area contributed by atoms with Crippen LogP contribution < -0.4 is 4.74 Å². The van der Waals surface area contributed by atoms with Crippen LogP contribution in [0.25, 0.3) is 10.9 Å². The lowest BCUT2D eigenvalue weighted by Crippen LogP contribution is -2.10. The molecule has 1 fully saturated rings. The molecule has 1 aliphatic carbocycles. The molecule has 152 valence electrons. The number of aromatic nitrogens is 1. The summed E-state index contributed by atoms with van der Waals surface area (Å²) in [6, 6.07) is 7.29. The van der Waals surface area contributed by atoms with E-state index in [4.69, 9.17) is 9.84 Å². The summed E-state index contributed by atoms with van der Waals surface area (Å²) in [6.07, 6.45) is 0.0692. The van der Waals surface area contributed by atoms with Gasteiger partial charge in [-0.15, -0.1) is 0 Å². The number of H-pyrrole nitrogens is 1. The van der Waals surface area contributed by atoms with Crippen LogP contribution in [0.3, 0.4) is 0 Å². The van der Waals surface area contributed by atoms with Crippen molar-refractivity contribution in [2.45, 2.75) is 31.9 Å². The predicted octanol–water partition coefficient (Wildman–Crippen LogP) is 6.32. The lowest BCUT2D eigenvalue weighted by Gasteiger charge is -2.17. The van der Waals surface area contributed by atoms with Crippen LogP contribution >= 0.6 is 15.9 Å². The summed E-state index contributed by atoms with van der Waals surface area (Å²) >= 11 is 3.11. The van der Waals surface area contributed by atoms with Crippen LogP contribution in [0.1, 0.15) is 29.5 Å². The standard InChI is InChI=1S/C21H17BrF3NO3/c22-17-7-12(8-19(27)28)6-16(21(23,24)25)20(17)29-14-3-4-18-15(9-14)13(10-26-18)5-11-1-2-11/h3-4,6-7,9-11,26H,1-2,5,8H2,(H,27,28). The van der Waals surface area contributed by atoms with Gasteiger partial charge in [-0.25, -0.2) is 0 Å². The van der Waals surface area contributed by atoms with Crippen LogP contribution in [0.4, 0.5) is 13.2 Å². The number of carboxylic acid groups (broad SMARTS) is 1. The first-order chi connectivity index (χ1) is 13.7. The predicted molar refractivity (Wildman–Crippen MR) is 105 cm³/mol. The molecule has 2 N–H and O–H groups in total. The van der Waals surface area contributed by atoms with E-state index in [2.05, 4.69) is 20.9 Å². The number of alkyl halides is 3. The molecule has 1 saturated carbocycles. The Bertz CT molecular complexity index is 1090. The molecule has 4 rings (SSSR count). The third-order valence-corrected chi connectivity index (χ3v) is 5.52. The van der Waals surface area contributed by atoms with Gasteiger partial charge < -0.3 is 14.8 Å². The maximum Gasteiger partial charge on any atom is 0.420 e. The molecule has 0 aliphatic heterocycles. The SMILES string of the molecule is O=C(O)Cc1cc(Br)c(Oc2ccc3[nH]cc(CC4CC4)c3c2)c(C(F)(F)F)c1. The summed E-state index contributed by atoms with van der Waals surface area (Å²) in [4.78, 5) is 14.1. The molecule has 0 bridgehead atoms. The van der Waals surface area contributed by atoms with E-state index < -0.39 is 24.1 Å². The summed E-state index contributed by atoms with van der Waals surface area (Å²) in [7, 11) is 0. The molecule has 0 amide bonds. The van der Waals surface area contributed by atoms with Gasteiger partial charge in [0.2, 0.25) is 0 Å². The van der Waals surface area contributed by atoms with E-state index in [1.807, 2.05) is 6.20 Å². The van der Waals surface area contributed by atoms with Crippen molar-refractivity contribution in [3.8, 4) is 11.5 Å². The number of hydrogen-bond acceptors (Lipinski definition) is 2. The molecule has 29 heavy (non-hydrogen) atoms. The summed E-state index contributed by atoms with van der Waals surface area (Å²) in [5.74, 6) is -0.636. The van der Waals surface area contributed by atoms with Gasteiger partial charge in [-0.05, 0) is 82.6 Å². The van der Waals surface area contributed by atoms with Crippen molar-refractivity contribution in [1.29, 1.82) is 0 Å². The smallest absolute Gasteiger partial charge is 0.420 e. The van der Waals surface area contributed by atoms with Gasteiger partial charge in [0.05, 0.1) is 16.5 Å². The highest BCUT2D eigenvalue weighted by Crippen LogP contribution is 2.44. The normalized spacial score (nSPS) is 14.3. The summed E-state index contributed by atoms with van der Waals surface area (Å²) < 4.78 is 46.5. The molecule has 8 heteroatoms. The first-order valence-electron chi connectivity index (χ1n) is 9.10. The maximum absolute atomic E-state index is 13.6. The van der Waals surface area contributed by atoms with Gasteiger partial charge in [0.25, 0.3) is 0 Å². The molecule has 4 nitrogen and oxygen atoms in total. The number of carbonyl (C=O) groups is 1. The second-order valence-electron chi connectivity index (χ2n) is 7.29. The fourth-order valence-corrected chi connectivity index (χ4v) is 3.97. The molecule has 0 atom stereocenters. The third kappa shape index (κ3) is 4.42. The topological polar surface area (TPSA) is 62.3 Å². The van der Waals surface area contributed by atoms with Gasteiger partial charge in [0.15, 0.2) is 5.75 Å². The Hall–Kier alpha value is -2.48. The minimum Gasteiger partial charge on any atom is -0.481 e. The van der Waals surface area contributed by atoms with E-state index in [-0.39, 0.29) is 21.5 Å². The van der Waals surface area contributed by atoms with Gasteiger partial charge in [-0.3, -0.25) is 4.79 Å². The molecule has 1 aromatic heterocycles. The molecule has 3 aromatic rings. The number of nitrogens with one attached hydrogen (secondary N) is 1. The maximum atomic E-state index is 13.6. The first-order valence-corrected chi connectivity index (χ1v) is 9.89. The number of ether oxygens (including phenoxy) is 1. The Labute approximate surface area is 172 Å². The zero-order chi connectivity index (χ0) is 20.8. The summed E-state index contributed by atoms with van der Waals surface area (Å²) in [5, 5.41) is 9.83. The molecule has 0 saturated heterocycles. The quantitative estimate of drug-likeness (QED) is 0.445. The van der Waals surface area contributed by atoms with Crippen molar-refractivity contribution < 1.29 is 27.8 Å². The van der Waals surface area contributed by atoms with Crippen LogP contribution in [-0.4, -0.2) is 16.1 Å². The summed E-state index contributed by atoms with van der Waals surface area (Å²) in [5.41, 5.74) is 1.05. The van der Waals surface area contributed by atoms with Crippen molar-refractivity contribution in [2.24, 2.45) is 5.92 Å². The van der Waals surface area contributed by atoms with Crippen LogP contribution in [0.15, 0.2) is 41.0 Å². The Morgan fingerprint density at radius 3 is 2.66 bits per heavy atom. The second kappa shape index (κ2) is 7.40. The van der Waals surface area contributed by atoms with Gasteiger partial charge in [0.1, 0.15) is 5.75 Å². The lowest BCUT2D eigenvalue weighted by atomic mass is 10.1. The number of aliphatic carboxylic acids is 1. The van der Waals surface area contributed by atoms with Crippen LogP contribution in [0.2, 0.25) is 0 Å². The van der Waals surface area contributed by atoms with E-state index in [1.165, 1.54) is 18.9 Å². The molecule has 1 heterocycles. The molecule has 0 radical (unpaired) electrons. The number of halogens is 4. The summed E-state index contributed by atoms with van der Waals surface area (Å²) in [6.45, 7) is 0. The third-order valence-electron chi connectivity index (χ3n) is 4.93. The van der Waals surface area contributed by atoms with Gasteiger partial charge in [0, 0.05) is 17.1 Å². The number of fused-ring (bicyclic) bond motifs is 1. The van der Waals surface area contributed by atoms with Gasteiger partial charge in [-0.2, -0.15) is 13.2 Å². The highest BCUT2D eigenvalue weighted by molar-refractivity contribution is 9.10. The Balaban J connectivity index is 1.71. The molecular weight excluding hydrogens is 451 g/mol. The number of aromatic amines is 1. The zero-order valence-corrected chi connectivity index (χ0v) is 16.7. The van der Waals surface area contributed by atoms with Crippen molar-refractivity contribution >= 4 is 32.8 Å². The average Bonchev–Trinajstić information content (AvgIpc) is 3.35. The number of carboxylic acids is 1. The highest BCUT2D eigenvalue weighted by Gasteiger charge is 2.36. The molecule has 0 unspecified atom stereocenters. The van der Waals surface area contributed by atoms with E-state index in [1.54, 1.807) is 18.2 Å². The zero-order valence-electron chi connectivity index (χ0n) is 15.1. The van der Waals surface area contributed by atoms with Gasteiger partial charge in [-0.1, -0.05) is 0 Å². The van der Waals surface area contributed by atoms with Crippen molar-refractivity contribution in [2.75, 3.05) is 0 Å². The highest BCUT2D eigenvalue weighted by atomic mass is 79.9. The Morgan fingerprint density at radius 2 is 2.00 bits per heavy atom. The lowest BCUT2D eigenvalue weighted by molar-refractivity contribution is -0.139. The van der Waals surface area contributed by atoms with E-state index in [0.29, 0.717) is 5.92 Å². The largest absolute Gasteiger partial charge is 0.481 e. The Morgan fingerprint density at radius 1 is 1.24 bits per heavy atom. The molecule has 1 aliphatic rings. The second-order valence-corrected chi connectivity index (χ2v) is 8.15. The Kier molecular flexibility index (Phi) is 5.06. The minimum absolute atomic E-state index is 0.0388. The van der Waals surface area contributed by atoms with Crippen LogP contribution in [0, 0.1) is 5.92 Å².